The first-order valence-electron chi connectivity index (χ1n) is 6.13. The summed E-state index contributed by atoms with van der Waals surface area (Å²) in [5.41, 5.74) is 8.97. The Morgan fingerprint density at radius 3 is 2.20 bits per heavy atom. The van der Waals surface area contributed by atoms with Gasteiger partial charge in [-0.15, -0.1) is 0 Å². The molecule has 0 aliphatic rings. The van der Waals surface area contributed by atoms with Crippen molar-refractivity contribution in [3.63, 3.8) is 0 Å². The van der Waals surface area contributed by atoms with Gasteiger partial charge in [0, 0.05) is 4.47 Å². The van der Waals surface area contributed by atoms with Crippen molar-refractivity contribution < 1.29 is 8.42 Å². The van der Waals surface area contributed by atoms with Crippen LogP contribution in [-0.4, -0.2) is 8.42 Å². The average Bonchev–Trinajstić information content (AvgIpc) is 2.25. The summed E-state index contributed by atoms with van der Waals surface area (Å²) in [4.78, 5) is 0.180. The maximum Gasteiger partial charge on any atom is 0.184 e. The minimum atomic E-state index is -3.44. The van der Waals surface area contributed by atoms with Gasteiger partial charge in [-0.25, -0.2) is 8.42 Å². The van der Waals surface area contributed by atoms with Gasteiger partial charge in [-0.1, -0.05) is 45.3 Å². The molecule has 0 radical (unpaired) electrons. The standard InChI is InChI=1S/C15H16BrNO2S/c1-10-5-11(2)7-12(6-10)9-20(18,19)15-4-3-13(16)8-14(15)17/h3-8H,9,17H2,1-2H3. The molecule has 2 aromatic rings. The van der Waals surface area contributed by atoms with E-state index in [9.17, 15) is 8.42 Å². The Balaban J connectivity index is 2.40. The first-order valence-corrected chi connectivity index (χ1v) is 8.57. The number of aryl methyl sites for hydroxylation is 2. The molecule has 0 bridgehead atoms. The smallest absolute Gasteiger partial charge is 0.184 e. The fourth-order valence-electron chi connectivity index (χ4n) is 2.25. The van der Waals surface area contributed by atoms with Crippen LogP contribution in [0.3, 0.4) is 0 Å². The summed E-state index contributed by atoms with van der Waals surface area (Å²) in [7, 11) is -3.44. The third kappa shape index (κ3) is 3.41. The van der Waals surface area contributed by atoms with Crippen LogP contribution >= 0.6 is 15.9 Å². The molecular formula is C15H16BrNO2S. The van der Waals surface area contributed by atoms with E-state index in [2.05, 4.69) is 15.9 Å². The minimum Gasteiger partial charge on any atom is -0.398 e. The maximum absolute atomic E-state index is 12.5. The summed E-state index contributed by atoms with van der Waals surface area (Å²) in [6, 6.07) is 10.6. The molecule has 106 valence electrons. The van der Waals surface area contributed by atoms with Crippen LogP contribution in [0.2, 0.25) is 0 Å². The molecule has 2 aromatic carbocycles. The SMILES string of the molecule is Cc1cc(C)cc(CS(=O)(=O)c2ccc(Br)cc2N)c1. The maximum atomic E-state index is 12.5. The van der Waals surface area contributed by atoms with Crippen molar-refractivity contribution in [2.75, 3.05) is 5.73 Å². The first-order chi connectivity index (χ1) is 9.28. The van der Waals surface area contributed by atoms with Gasteiger partial charge in [-0.3, -0.25) is 0 Å². The van der Waals surface area contributed by atoms with Gasteiger partial charge in [0.1, 0.15) is 0 Å². The van der Waals surface area contributed by atoms with Crippen LogP contribution in [0.1, 0.15) is 16.7 Å². The Labute approximate surface area is 127 Å². The Morgan fingerprint density at radius 1 is 1.05 bits per heavy atom. The van der Waals surface area contributed by atoms with Gasteiger partial charge in [-0.05, 0) is 37.6 Å². The number of sulfone groups is 1. The predicted molar refractivity (Wildman–Crippen MR) is 85.4 cm³/mol. The van der Waals surface area contributed by atoms with E-state index in [1.165, 1.54) is 6.07 Å². The van der Waals surface area contributed by atoms with Gasteiger partial charge in [0.05, 0.1) is 16.3 Å². The van der Waals surface area contributed by atoms with Crippen molar-refractivity contribution in [3.05, 3.63) is 57.6 Å². The van der Waals surface area contributed by atoms with Crippen LogP contribution in [0.25, 0.3) is 0 Å². The van der Waals surface area contributed by atoms with Crippen LogP contribution in [-0.2, 0) is 15.6 Å². The molecular weight excluding hydrogens is 338 g/mol. The number of rotatable bonds is 3. The molecule has 0 heterocycles. The highest BCUT2D eigenvalue weighted by molar-refractivity contribution is 9.10. The number of halogens is 1. The molecule has 5 heteroatoms. The number of anilines is 1. The number of hydrogen-bond acceptors (Lipinski definition) is 3. The lowest BCUT2D eigenvalue weighted by Gasteiger charge is -2.09. The van der Waals surface area contributed by atoms with Crippen molar-refractivity contribution in [2.24, 2.45) is 0 Å². The van der Waals surface area contributed by atoms with Gasteiger partial charge < -0.3 is 5.73 Å². The Bertz CT molecular complexity index is 734. The van der Waals surface area contributed by atoms with Gasteiger partial charge in [-0.2, -0.15) is 0 Å². The lowest BCUT2D eigenvalue weighted by atomic mass is 10.1. The molecule has 2 N–H and O–H groups in total. The van der Waals surface area contributed by atoms with Crippen LogP contribution in [0.15, 0.2) is 45.8 Å². The molecule has 0 amide bonds. The normalized spacial score (nSPS) is 11.6. The zero-order valence-corrected chi connectivity index (χ0v) is 13.8. The van der Waals surface area contributed by atoms with Gasteiger partial charge in [0.25, 0.3) is 0 Å². The van der Waals surface area contributed by atoms with Gasteiger partial charge >= 0.3 is 0 Å². The van der Waals surface area contributed by atoms with E-state index in [1.54, 1.807) is 12.1 Å². The average molecular weight is 354 g/mol. The summed E-state index contributed by atoms with van der Waals surface area (Å²) < 4.78 is 25.7. The number of hydrogen-bond donors (Lipinski definition) is 1. The van der Waals surface area contributed by atoms with E-state index < -0.39 is 9.84 Å². The summed E-state index contributed by atoms with van der Waals surface area (Å²) >= 11 is 3.27. The van der Waals surface area contributed by atoms with E-state index in [4.69, 9.17) is 5.73 Å². The minimum absolute atomic E-state index is 0.0403. The lowest BCUT2D eigenvalue weighted by Crippen LogP contribution is -2.08. The number of nitrogen functional groups attached to an aromatic ring is 1. The largest absolute Gasteiger partial charge is 0.398 e. The van der Waals surface area contributed by atoms with E-state index in [1.807, 2.05) is 32.0 Å². The molecule has 0 aliphatic heterocycles. The molecule has 0 saturated carbocycles. The van der Waals surface area contributed by atoms with Crippen LogP contribution in [0.4, 0.5) is 5.69 Å². The zero-order valence-electron chi connectivity index (χ0n) is 11.4. The molecule has 0 fully saturated rings. The highest BCUT2D eigenvalue weighted by Gasteiger charge is 2.18. The monoisotopic (exact) mass is 353 g/mol. The highest BCUT2D eigenvalue weighted by atomic mass is 79.9. The number of nitrogens with two attached hydrogens (primary N) is 1. The fourth-order valence-corrected chi connectivity index (χ4v) is 4.09. The van der Waals surface area contributed by atoms with E-state index in [0.29, 0.717) is 0 Å². The van der Waals surface area contributed by atoms with E-state index in [0.717, 1.165) is 21.2 Å². The predicted octanol–water partition coefficient (Wildman–Crippen LogP) is 3.62. The molecule has 3 nitrogen and oxygen atoms in total. The molecule has 0 aromatic heterocycles. The van der Waals surface area contributed by atoms with E-state index in [-0.39, 0.29) is 16.3 Å². The fraction of sp³-hybridized carbons (Fsp3) is 0.200. The Kier molecular flexibility index (Phi) is 4.20. The quantitative estimate of drug-likeness (QED) is 0.857. The van der Waals surface area contributed by atoms with Crippen molar-refractivity contribution in [1.82, 2.24) is 0 Å². The molecule has 0 unspecified atom stereocenters. The Morgan fingerprint density at radius 2 is 1.65 bits per heavy atom. The molecule has 0 atom stereocenters. The van der Waals surface area contributed by atoms with Gasteiger partial charge in [0.15, 0.2) is 9.84 Å². The molecule has 20 heavy (non-hydrogen) atoms. The van der Waals surface area contributed by atoms with Crippen LogP contribution in [0.5, 0.6) is 0 Å². The second-order valence-corrected chi connectivity index (χ2v) is 7.81. The third-order valence-corrected chi connectivity index (χ3v) is 5.19. The summed E-state index contributed by atoms with van der Waals surface area (Å²) in [6.07, 6.45) is 0. The zero-order chi connectivity index (χ0) is 14.9. The molecule has 0 aliphatic carbocycles. The molecule has 0 saturated heterocycles. The second-order valence-electron chi connectivity index (χ2n) is 4.94. The van der Waals surface area contributed by atoms with Gasteiger partial charge in [0.2, 0.25) is 0 Å². The summed E-state index contributed by atoms with van der Waals surface area (Å²) in [5.74, 6) is -0.0403. The highest BCUT2D eigenvalue weighted by Crippen LogP contribution is 2.26. The topological polar surface area (TPSA) is 60.2 Å². The van der Waals surface area contributed by atoms with Crippen molar-refractivity contribution in [3.8, 4) is 0 Å². The molecule has 0 spiro atoms. The first kappa shape index (κ1) is 15.1. The van der Waals surface area contributed by atoms with Crippen LogP contribution < -0.4 is 5.73 Å². The lowest BCUT2D eigenvalue weighted by molar-refractivity contribution is 0.595. The van der Waals surface area contributed by atoms with Crippen molar-refractivity contribution in [2.45, 2.75) is 24.5 Å². The van der Waals surface area contributed by atoms with E-state index >= 15 is 0 Å². The van der Waals surface area contributed by atoms with Crippen LogP contribution in [0, 0.1) is 13.8 Å². The summed E-state index contributed by atoms with van der Waals surface area (Å²) in [6.45, 7) is 3.91. The number of benzene rings is 2. The third-order valence-electron chi connectivity index (χ3n) is 2.95. The molecule has 2 rings (SSSR count). The van der Waals surface area contributed by atoms with Crippen molar-refractivity contribution in [1.29, 1.82) is 0 Å². The second kappa shape index (κ2) is 5.58. The summed E-state index contributed by atoms with van der Waals surface area (Å²) in [5, 5.41) is 0. The van der Waals surface area contributed by atoms with Crippen molar-refractivity contribution >= 4 is 31.5 Å². The Hall–Kier alpha value is -1.33.